The summed E-state index contributed by atoms with van der Waals surface area (Å²) in [7, 11) is 0. The van der Waals surface area contributed by atoms with E-state index in [9.17, 15) is 23.8 Å². The first-order valence-corrected chi connectivity index (χ1v) is 10.7. The predicted molar refractivity (Wildman–Crippen MR) is 114 cm³/mol. The second-order valence-corrected chi connectivity index (χ2v) is 8.10. The number of carbonyl (C=O) groups excluding carboxylic acids is 1. The molecule has 0 saturated carbocycles. The van der Waals surface area contributed by atoms with Crippen LogP contribution in [0.3, 0.4) is 0 Å². The number of hydrogen-bond donors (Lipinski definition) is 3. The number of ether oxygens (including phenoxy) is 1. The van der Waals surface area contributed by atoms with E-state index in [2.05, 4.69) is 15.1 Å². The maximum atomic E-state index is 13.4. The van der Waals surface area contributed by atoms with Crippen molar-refractivity contribution >= 4 is 11.6 Å². The van der Waals surface area contributed by atoms with Crippen LogP contribution in [0.1, 0.15) is 10.4 Å². The quantitative estimate of drug-likeness (QED) is 0.613. The Morgan fingerprint density at radius 1 is 1.03 bits per heavy atom. The summed E-state index contributed by atoms with van der Waals surface area (Å²) in [5.74, 6) is -1.21. The molecule has 7 nitrogen and oxygen atoms in total. The zero-order valence-corrected chi connectivity index (χ0v) is 17.5. The van der Waals surface area contributed by atoms with Gasteiger partial charge in [0.15, 0.2) is 0 Å². The summed E-state index contributed by atoms with van der Waals surface area (Å²) >= 11 is 0. The summed E-state index contributed by atoms with van der Waals surface area (Å²) in [6.07, 6.45) is -2.18. The Bertz CT molecular complexity index is 922. The van der Waals surface area contributed by atoms with Gasteiger partial charge in [0, 0.05) is 44.0 Å². The first kappa shape index (κ1) is 22.6. The number of carbonyl (C=O) groups is 1. The van der Waals surface area contributed by atoms with Gasteiger partial charge in [0.2, 0.25) is 0 Å². The summed E-state index contributed by atoms with van der Waals surface area (Å²) in [4.78, 5) is 16.6. The smallest absolute Gasteiger partial charge is 0.251 e. The fourth-order valence-electron chi connectivity index (χ4n) is 4.45. The number of anilines is 1. The van der Waals surface area contributed by atoms with Gasteiger partial charge in [-0.15, -0.1) is 0 Å². The number of amides is 1. The summed E-state index contributed by atoms with van der Waals surface area (Å²) in [6, 6.07) is 11.3. The number of halogens is 2. The van der Waals surface area contributed by atoms with Gasteiger partial charge >= 0.3 is 0 Å². The van der Waals surface area contributed by atoms with E-state index in [0.29, 0.717) is 26.2 Å². The van der Waals surface area contributed by atoms with E-state index in [-0.39, 0.29) is 24.5 Å². The molecule has 0 aromatic heterocycles. The highest BCUT2D eigenvalue weighted by Crippen LogP contribution is 2.27. The number of nitrogens with zero attached hydrogens (tertiary/aromatic N) is 2. The van der Waals surface area contributed by atoms with Crippen molar-refractivity contribution in [1.82, 2.24) is 10.2 Å². The van der Waals surface area contributed by atoms with E-state index < -0.39 is 36.1 Å². The normalized spacial score (nSPS) is 26.3. The Balaban J connectivity index is 1.39. The van der Waals surface area contributed by atoms with Crippen molar-refractivity contribution in [1.29, 1.82) is 0 Å². The van der Waals surface area contributed by atoms with Crippen LogP contribution in [0.4, 0.5) is 14.5 Å². The third-order valence-electron chi connectivity index (χ3n) is 6.12. The van der Waals surface area contributed by atoms with E-state index in [4.69, 9.17) is 4.74 Å². The summed E-state index contributed by atoms with van der Waals surface area (Å²) in [6.45, 7) is 2.42. The van der Waals surface area contributed by atoms with Gasteiger partial charge in [-0.25, -0.2) is 8.78 Å². The van der Waals surface area contributed by atoms with Gasteiger partial charge in [-0.2, -0.15) is 0 Å². The van der Waals surface area contributed by atoms with E-state index in [1.807, 2.05) is 0 Å². The van der Waals surface area contributed by atoms with Crippen molar-refractivity contribution in [2.24, 2.45) is 0 Å². The van der Waals surface area contributed by atoms with Crippen LogP contribution >= 0.6 is 0 Å². The van der Waals surface area contributed by atoms with Gasteiger partial charge in [-0.05, 0) is 42.5 Å². The topological polar surface area (TPSA) is 85.3 Å². The van der Waals surface area contributed by atoms with Crippen LogP contribution in [-0.4, -0.2) is 84.7 Å². The molecule has 0 spiro atoms. The van der Waals surface area contributed by atoms with Gasteiger partial charge in [0.1, 0.15) is 23.8 Å². The average molecular weight is 447 g/mol. The molecule has 4 atom stereocenters. The Labute approximate surface area is 185 Å². The zero-order valence-electron chi connectivity index (χ0n) is 17.5. The Hall–Kier alpha value is -2.59. The van der Waals surface area contributed by atoms with Crippen molar-refractivity contribution < 1.29 is 28.5 Å². The number of aliphatic hydroxyl groups is 2. The number of hydrogen-bond acceptors (Lipinski definition) is 6. The molecule has 2 aliphatic rings. The average Bonchev–Trinajstić information content (AvgIpc) is 3.13. The van der Waals surface area contributed by atoms with Crippen molar-refractivity contribution in [3.05, 3.63) is 65.7 Å². The SMILES string of the molecule is O=C(NC[C@@H]1O[C@@H](CO)[C@@H](O)[C@H]1N1CCN(c2ccc(F)cc2)CC1)c1cccc(F)c1. The molecule has 2 saturated heterocycles. The molecule has 4 rings (SSSR count). The van der Waals surface area contributed by atoms with E-state index in [1.165, 1.54) is 30.3 Å². The van der Waals surface area contributed by atoms with Crippen LogP contribution in [0.5, 0.6) is 0 Å². The molecule has 9 heteroatoms. The number of piperazine rings is 1. The molecule has 172 valence electrons. The maximum Gasteiger partial charge on any atom is 0.251 e. The second-order valence-electron chi connectivity index (χ2n) is 8.10. The molecule has 2 fully saturated rings. The van der Waals surface area contributed by atoms with Crippen LogP contribution in [0, 0.1) is 11.6 Å². The first-order valence-electron chi connectivity index (χ1n) is 10.7. The van der Waals surface area contributed by atoms with E-state index >= 15 is 0 Å². The number of nitrogens with one attached hydrogen (secondary N) is 1. The highest BCUT2D eigenvalue weighted by molar-refractivity contribution is 5.94. The lowest BCUT2D eigenvalue weighted by Gasteiger charge is -2.41. The monoisotopic (exact) mass is 447 g/mol. The molecule has 2 aliphatic heterocycles. The summed E-state index contributed by atoms with van der Waals surface area (Å²) in [5, 5.41) is 23.1. The van der Waals surface area contributed by atoms with Crippen molar-refractivity contribution in [3.63, 3.8) is 0 Å². The van der Waals surface area contributed by atoms with Crippen molar-refractivity contribution in [2.75, 3.05) is 44.2 Å². The third-order valence-corrected chi connectivity index (χ3v) is 6.12. The summed E-state index contributed by atoms with van der Waals surface area (Å²) in [5.41, 5.74) is 1.13. The van der Waals surface area contributed by atoms with Crippen molar-refractivity contribution in [3.8, 4) is 0 Å². The van der Waals surface area contributed by atoms with E-state index in [1.54, 1.807) is 12.1 Å². The molecule has 0 radical (unpaired) electrons. The second kappa shape index (κ2) is 9.91. The molecular formula is C23H27F2N3O4. The lowest BCUT2D eigenvalue weighted by Crippen LogP contribution is -2.57. The number of rotatable bonds is 6. The van der Waals surface area contributed by atoms with E-state index in [0.717, 1.165) is 11.8 Å². The van der Waals surface area contributed by atoms with Crippen LogP contribution in [0.25, 0.3) is 0 Å². The largest absolute Gasteiger partial charge is 0.394 e. The molecule has 32 heavy (non-hydrogen) atoms. The Kier molecular flexibility index (Phi) is 7.00. The zero-order chi connectivity index (χ0) is 22.7. The minimum Gasteiger partial charge on any atom is -0.394 e. The van der Waals surface area contributed by atoms with Crippen LogP contribution in [0.15, 0.2) is 48.5 Å². The lowest BCUT2D eigenvalue weighted by atomic mass is 10.0. The van der Waals surface area contributed by atoms with Crippen LogP contribution in [-0.2, 0) is 4.74 Å². The molecule has 3 N–H and O–H groups in total. The molecule has 1 amide bonds. The fourth-order valence-corrected chi connectivity index (χ4v) is 4.45. The van der Waals surface area contributed by atoms with Crippen LogP contribution < -0.4 is 10.2 Å². The minimum atomic E-state index is -0.909. The number of aliphatic hydroxyl groups excluding tert-OH is 2. The lowest BCUT2D eigenvalue weighted by molar-refractivity contribution is -0.0209. The highest BCUT2D eigenvalue weighted by atomic mass is 19.1. The molecule has 0 aliphatic carbocycles. The van der Waals surface area contributed by atoms with Gasteiger partial charge in [0.25, 0.3) is 5.91 Å². The Morgan fingerprint density at radius 2 is 1.75 bits per heavy atom. The third kappa shape index (κ3) is 4.91. The van der Waals surface area contributed by atoms with Gasteiger partial charge in [-0.3, -0.25) is 9.69 Å². The minimum absolute atomic E-state index is 0.117. The molecule has 2 aromatic carbocycles. The van der Waals surface area contributed by atoms with Gasteiger partial charge < -0.3 is 25.2 Å². The van der Waals surface area contributed by atoms with Crippen LogP contribution in [0.2, 0.25) is 0 Å². The summed E-state index contributed by atoms with van der Waals surface area (Å²) < 4.78 is 32.4. The number of benzene rings is 2. The first-order chi connectivity index (χ1) is 15.5. The van der Waals surface area contributed by atoms with Gasteiger partial charge in [-0.1, -0.05) is 6.07 Å². The molecular weight excluding hydrogens is 420 g/mol. The standard InChI is InChI=1S/C23H27F2N3O4/c24-16-4-6-18(7-5-16)27-8-10-28(11-9-27)21-19(32-20(14-29)22(21)30)13-26-23(31)15-2-1-3-17(25)12-15/h1-7,12,19-22,29-30H,8-11,13-14H2,(H,26,31)/t19-,20-,21-,22+/m0/s1. The molecule has 0 unspecified atom stereocenters. The molecule has 2 aromatic rings. The fraction of sp³-hybridized carbons (Fsp3) is 0.435. The molecule has 0 bridgehead atoms. The molecule has 2 heterocycles. The maximum absolute atomic E-state index is 13.4. The predicted octanol–water partition coefficient (Wildman–Crippen LogP) is 1.01. The van der Waals surface area contributed by atoms with Gasteiger partial charge in [0.05, 0.1) is 18.8 Å². The highest BCUT2D eigenvalue weighted by Gasteiger charge is 2.46. The van der Waals surface area contributed by atoms with Crippen molar-refractivity contribution in [2.45, 2.75) is 24.4 Å². The Morgan fingerprint density at radius 3 is 2.41 bits per heavy atom.